The first-order valence-corrected chi connectivity index (χ1v) is 5.00. The van der Waals surface area contributed by atoms with Gasteiger partial charge in [-0.1, -0.05) is 13.8 Å². The van der Waals surface area contributed by atoms with E-state index in [1.54, 1.807) is 12.4 Å². The zero-order valence-electron chi connectivity index (χ0n) is 7.99. The largest absolute Gasteiger partial charge is 0.309 e. The van der Waals surface area contributed by atoms with Crippen LogP contribution >= 0.6 is 12.6 Å². The van der Waals surface area contributed by atoms with Crippen LogP contribution in [0.15, 0.2) is 12.4 Å². The summed E-state index contributed by atoms with van der Waals surface area (Å²) < 4.78 is 0. The third kappa shape index (κ3) is 3.32. The Morgan fingerprint density at radius 2 is 1.92 bits per heavy atom. The van der Waals surface area contributed by atoms with Crippen LogP contribution < -0.4 is 5.32 Å². The van der Waals surface area contributed by atoms with Gasteiger partial charge in [0.2, 0.25) is 0 Å². The van der Waals surface area contributed by atoms with Gasteiger partial charge in [-0.05, 0) is 0 Å². The summed E-state index contributed by atoms with van der Waals surface area (Å²) in [6, 6.07) is 0.467. The second-order valence-electron chi connectivity index (χ2n) is 3.14. The smallest absolute Gasteiger partial charge is 0.0765 e. The first kappa shape index (κ1) is 10.5. The van der Waals surface area contributed by atoms with Crippen molar-refractivity contribution in [1.82, 2.24) is 15.3 Å². The van der Waals surface area contributed by atoms with Crippen LogP contribution in [0.3, 0.4) is 0 Å². The molecule has 1 aromatic rings. The molecule has 0 bridgehead atoms. The fraction of sp³-hybridized carbons (Fsp3) is 0.556. The summed E-state index contributed by atoms with van der Waals surface area (Å²) in [5.74, 6) is 0.642. The van der Waals surface area contributed by atoms with Crippen LogP contribution in [0, 0.1) is 0 Å². The van der Waals surface area contributed by atoms with E-state index in [1.165, 1.54) is 0 Å². The predicted octanol–water partition coefficient (Wildman–Crippen LogP) is 1.40. The molecule has 0 unspecified atom stereocenters. The predicted molar refractivity (Wildman–Crippen MR) is 56.7 cm³/mol. The number of aromatic nitrogens is 2. The average Bonchev–Trinajstić information content (AvgIpc) is 2.15. The molecule has 0 aromatic carbocycles. The maximum absolute atomic E-state index is 4.25. The summed E-state index contributed by atoms with van der Waals surface area (Å²) in [5, 5.41) is 3.30. The summed E-state index contributed by atoms with van der Waals surface area (Å²) >= 11 is 4.19. The fourth-order valence-corrected chi connectivity index (χ4v) is 1.24. The molecular weight excluding hydrogens is 182 g/mol. The highest BCUT2D eigenvalue weighted by atomic mass is 32.1. The first-order valence-electron chi connectivity index (χ1n) is 4.37. The molecule has 3 nitrogen and oxygen atoms in total. The molecule has 0 amide bonds. The van der Waals surface area contributed by atoms with Crippen LogP contribution in [-0.4, -0.2) is 16.0 Å². The lowest BCUT2D eigenvalue weighted by Crippen LogP contribution is -2.23. The van der Waals surface area contributed by atoms with Crippen molar-refractivity contribution < 1.29 is 0 Å². The SMILES string of the molecule is CC(C)NCc1nccnc1CS. The van der Waals surface area contributed by atoms with E-state index >= 15 is 0 Å². The van der Waals surface area contributed by atoms with E-state index in [4.69, 9.17) is 0 Å². The lowest BCUT2D eigenvalue weighted by Gasteiger charge is -2.09. The minimum atomic E-state index is 0.467. The normalized spacial score (nSPS) is 10.8. The summed E-state index contributed by atoms with van der Waals surface area (Å²) in [4.78, 5) is 8.44. The number of nitrogens with zero attached hydrogens (tertiary/aromatic N) is 2. The van der Waals surface area contributed by atoms with Crippen molar-refractivity contribution in [3.05, 3.63) is 23.8 Å². The van der Waals surface area contributed by atoms with E-state index in [2.05, 4.69) is 41.8 Å². The molecule has 4 heteroatoms. The third-order valence-corrected chi connectivity index (χ3v) is 1.99. The molecule has 72 valence electrons. The van der Waals surface area contributed by atoms with Crippen LogP contribution in [0.1, 0.15) is 25.2 Å². The van der Waals surface area contributed by atoms with Crippen molar-refractivity contribution in [2.45, 2.75) is 32.2 Å². The standard InChI is InChI=1S/C9H15N3S/c1-7(2)12-5-8-9(6-13)11-4-3-10-8/h3-4,7,12-13H,5-6H2,1-2H3. The van der Waals surface area contributed by atoms with E-state index in [1.807, 2.05) is 0 Å². The Balaban J connectivity index is 2.64. The molecule has 1 heterocycles. The molecule has 0 radical (unpaired) electrons. The molecule has 1 aromatic heterocycles. The van der Waals surface area contributed by atoms with Crippen molar-refractivity contribution >= 4 is 12.6 Å². The van der Waals surface area contributed by atoms with Crippen LogP contribution in [0.5, 0.6) is 0 Å². The van der Waals surface area contributed by atoms with E-state index in [-0.39, 0.29) is 0 Å². The first-order chi connectivity index (χ1) is 6.24. The Labute approximate surface area is 84.4 Å². The maximum atomic E-state index is 4.25. The molecule has 13 heavy (non-hydrogen) atoms. The van der Waals surface area contributed by atoms with Gasteiger partial charge < -0.3 is 5.32 Å². The van der Waals surface area contributed by atoms with Crippen LogP contribution in [0.2, 0.25) is 0 Å². The second kappa shape index (κ2) is 5.19. The van der Waals surface area contributed by atoms with Gasteiger partial charge in [-0.3, -0.25) is 9.97 Å². The van der Waals surface area contributed by atoms with Gasteiger partial charge >= 0.3 is 0 Å². The van der Waals surface area contributed by atoms with Crippen molar-refractivity contribution in [2.24, 2.45) is 0 Å². The second-order valence-corrected chi connectivity index (χ2v) is 3.46. The molecule has 0 atom stereocenters. The van der Waals surface area contributed by atoms with E-state index in [9.17, 15) is 0 Å². The molecule has 0 aliphatic carbocycles. The van der Waals surface area contributed by atoms with Gasteiger partial charge in [-0.15, -0.1) is 0 Å². The highest BCUT2D eigenvalue weighted by molar-refractivity contribution is 7.79. The van der Waals surface area contributed by atoms with Gasteiger partial charge in [0.25, 0.3) is 0 Å². The van der Waals surface area contributed by atoms with E-state index in [0.29, 0.717) is 11.8 Å². The van der Waals surface area contributed by atoms with Gasteiger partial charge in [0.15, 0.2) is 0 Å². The molecular formula is C9H15N3S. The van der Waals surface area contributed by atoms with Crippen molar-refractivity contribution in [2.75, 3.05) is 0 Å². The third-order valence-electron chi connectivity index (χ3n) is 1.69. The Kier molecular flexibility index (Phi) is 4.18. The molecule has 0 aliphatic rings. The van der Waals surface area contributed by atoms with Gasteiger partial charge in [0, 0.05) is 30.7 Å². The summed E-state index contributed by atoms with van der Waals surface area (Å²) in [7, 11) is 0. The minimum absolute atomic E-state index is 0.467. The van der Waals surface area contributed by atoms with Gasteiger partial charge in [0.05, 0.1) is 11.4 Å². The fourth-order valence-electron chi connectivity index (χ4n) is 0.976. The summed E-state index contributed by atoms with van der Waals surface area (Å²) in [5.41, 5.74) is 1.95. The zero-order chi connectivity index (χ0) is 9.68. The Morgan fingerprint density at radius 1 is 1.31 bits per heavy atom. The Morgan fingerprint density at radius 3 is 2.46 bits per heavy atom. The molecule has 1 rings (SSSR count). The number of thiol groups is 1. The number of nitrogens with one attached hydrogen (secondary N) is 1. The van der Waals surface area contributed by atoms with Gasteiger partial charge in [0.1, 0.15) is 0 Å². The average molecular weight is 197 g/mol. The number of hydrogen-bond acceptors (Lipinski definition) is 4. The van der Waals surface area contributed by atoms with Crippen molar-refractivity contribution in [3.63, 3.8) is 0 Å². The molecule has 0 aliphatic heterocycles. The van der Waals surface area contributed by atoms with E-state index < -0.39 is 0 Å². The maximum Gasteiger partial charge on any atom is 0.0765 e. The summed E-state index contributed by atoms with van der Waals surface area (Å²) in [6.45, 7) is 4.98. The van der Waals surface area contributed by atoms with Crippen LogP contribution in [0.4, 0.5) is 0 Å². The lowest BCUT2D eigenvalue weighted by molar-refractivity contribution is 0.577. The monoisotopic (exact) mass is 197 g/mol. The Bertz CT molecular complexity index is 263. The van der Waals surface area contributed by atoms with Crippen LogP contribution in [-0.2, 0) is 12.3 Å². The molecule has 0 fully saturated rings. The molecule has 0 saturated heterocycles. The zero-order valence-corrected chi connectivity index (χ0v) is 8.88. The summed E-state index contributed by atoms with van der Waals surface area (Å²) in [6.07, 6.45) is 3.41. The molecule has 1 N–H and O–H groups in total. The number of rotatable bonds is 4. The van der Waals surface area contributed by atoms with Crippen LogP contribution in [0.25, 0.3) is 0 Å². The number of hydrogen-bond donors (Lipinski definition) is 2. The van der Waals surface area contributed by atoms with E-state index in [0.717, 1.165) is 17.9 Å². The Hall–Kier alpha value is -0.610. The highest BCUT2D eigenvalue weighted by Crippen LogP contribution is 2.04. The van der Waals surface area contributed by atoms with Gasteiger partial charge in [-0.2, -0.15) is 12.6 Å². The molecule has 0 spiro atoms. The highest BCUT2D eigenvalue weighted by Gasteiger charge is 2.02. The molecule has 0 saturated carbocycles. The van der Waals surface area contributed by atoms with Gasteiger partial charge in [-0.25, -0.2) is 0 Å². The minimum Gasteiger partial charge on any atom is -0.309 e. The topological polar surface area (TPSA) is 37.8 Å². The quantitative estimate of drug-likeness (QED) is 0.717. The van der Waals surface area contributed by atoms with Crippen molar-refractivity contribution in [1.29, 1.82) is 0 Å². The van der Waals surface area contributed by atoms with Crippen molar-refractivity contribution in [3.8, 4) is 0 Å². The lowest BCUT2D eigenvalue weighted by atomic mass is 10.3.